The molecule has 2 amide bonds. The topological polar surface area (TPSA) is 52.7 Å². The Morgan fingerprint density at radius 3 is 2.58 bits per heavy atom. The van der Waals surface area contributed by atoms with Crippen molar-refractivity contribution in [3.05, 3.63) is 0 Å². The lowest BCUT2D eigenvalue weighted by Crippen LogP contribution is -2.52. The van der Waals surface area contributed by atoms with Crippen LogP contribution in [0.1, 0.15) is 39.5 Å². The molecule has 2 saturated heterocycles. The zero-order valence-electron chi connectivity index (χ0n) is 12.2. The molecular formula is C14H25N3O2. The number of amides is 2. The highest BCUT2D eigenvalue weighted by atomic mass is 16.2. The van der Waals surface area contributed by atoms with Crippen molar-refractivity contribution in [2.24, 2.45) is 0 Å². The van der Waals surface area contributed by atoms with E-state index in [0.717, 1.165) is 19.5 Å². The van der Waals surface area contributed by atoms with Crippen LogP contribution in [0.2, 0.25) is 0 Å². The van der Waals surface area contributed by atoms with Crippen molar-refractivity contribution in [1.82, 2.24) is 15.1 Å². The number of rotatable bonds is 4. The van der Waals surface area contributed by atoms with Gasteiger partial charge in [-0.15, -0.1) is 0 Å². The third kappa shape index (κ3) is 3.15. The van der Waals surface area contributed by atoms with E-state index in [-0.39, 0.29) is 23.9 Å². The lowest BCUT2D eigenvalue weighted by atomic mass is 10.0. The predicted octanol–water partition coefficient (Wildman–Crippen LogP) is 0.596. The quantitative estimate of drug-likeness (QED) is 0.758. The smallest absolute Gasteiger partial charge is 0.246 e. The number of hydrogen-bond donors (Lipinski definition) is 1. The van der Waals surface area contributed by atoms with Crippen molar-refractivity contribution < 1.29 is 9.59 Å². The van der Waals surface area contributed by atoms with Gasteiger partial charge in [-0.25, -0.2) is 0 Å². The number of carbonyl (C=O) groups is 2. The summed E-state index contributed by atoms with van der Waals surface area (Å²) in [6.07, 6.45) is 3.98. The van der Waals surface area contributed by atoms with E-state index in [1.54, 1.807) is 7.05 Å². The monoisotopic (exact) mass is 267 g/mol. The molecule has 108 valence electrons. The molecule has 5 heteroatoms. The molecule has 5 nitrogen and oxygen atoms in total. The number of carbonyl (C=O) groups excluding carboxylic acids is 2. The molecule has 2 aliphatic rings. The Morgan fingerprint density at radius 2 is 2.11 bits per heavy atom. The number of likely N-dealkylation sites (N-methyl/N-ethyl adjacent to an activating group) is 1. The molecule has 2 rings (SSSR count). The van der Waals surface area contributed by atoms with Gasteiger partial charge in [0, 0.05) is 25.7 Å². The molecule has 0 saturated carbocycles. The van der Waals surface area contributed by atoms with E-state index in [1.807, 2.05) is 0 Å². The van der Waals surface area contributed by atoms with Crippen LogP contribution in [-0.4, -0.2) is 59.9 Å². The Morgan fingerprint density at radius 1 is 1.37 bits per heavy atom. The molecule has 0 aliphatic carbocycles. The molecule has 0 aromatic heterocycles. The summed E-state index contributed by atoms with van der Waals surface area (Å²) in [7, 11) is 1.59. The Kier molecular flexibility index (Phi) is 4.58. The molecule has 2 heterocycles. The van der Waals surface area contributed by atoms with E-state index in [0.29, 0.717) is 12.5 Å². The summed E-state index contributed by atoms with van der Waals surface area (Å²) in [6, 6.07) is 0.461. The minimum atomic E-state index is -0.263. The van der Waals surface area contributed by atoms with Gasteiger partial charge in [0.25, 0.3) is 0 Å². The highest BCUT2D eigenvalue weighted by molar-refractivity contribution is 6.05. The van der Waals surface area contributed by atoms with Gasteiger partial charge < -0.3 is 5.32 Å². The minimum absolute atomic E-state index is 0.0468. The summed E-state index contributed by atoms with van der Waals surface area (Å²) in [5.41, 5.74) is 0. The summed E-state index contributed by atoms with van der Waals surface area (Å²) in [5.74, 6) is -0.105. The average Bonchev–Trinajstić information content (AvgIpc) is 2.64. The van der Waals surface area contributed by atoms with E-state index >= 15 is 0 Å². The van der Waals surface area contributed by atoms with Crippen LogP contribution >= 0.6 is 0 Å². The Bertz CT molecular complexity index is 351. The third-order valence-corrected chi connectivity index (χ3v) is 4.26. The van der Waals surface area contributed by atoms with Crippen LogP contribution in [0.3, 0.4) is 0 Å². The first-order chi connectivity index (χ1) is 9.00. The summed E-state index contributed by atoms with van der Waals surface area (Å²) < 4.78 is 0. The van der Waals surface area contributed by atoms with Gasteiger partial charge in [0.2, 0.25) is 11.8 Å². The number of nitrogens with zero attached hydrogens (tertiary/aromatic N) is 2. The van der Waals surface area contributed by atoms with Crippen LogP contribution in [0, 0.1) is 0 Å². The van der Waals surface area contributed by atoms with E-state index in [2.05, 4.69) is 24.1 Å². The molecule has 2 fully saturated rings. The maximum atomic E-state index is 12.1. The van der Waals surface area contributed by atoms with Crippen molar-refractivity contribution in [1.29, 1.82) is 0 Å². The Balaban J connectivity index is 2.03. The van der Waals surface area contributed by atoms with Crippen molar-refractivity contribution in [3.63, 3.8) is 0 Å². The number of nitrogens with one attached hydrogen (secondary N) is 1. The van der Waals surface area contributed by atoms with E-state index in [9.17, 15) is 9.59 Å². The second kappa shape index (κ2) is 6.01. The maximum Gasteiger partial charge on any atom is 0.246 e. The largest absolute Gasteiger partial charge is 0.313 e. The molecule has 2 unspecified atom stereocenters. The first-order valence-electron chi connectivity index (χ1n) is 7.30. The molecule has 0 aromatic carbocycles. The van der Waals surface area contributed by atoms with E-state index in [4.69, 9.17) is 0 Å². The average molecular weight is 267 g/mol. The van der Waals surface area contributed by atoms with Gasteiger partial charge in [0.15, 0.2) is 0 Å². The number of likely N-dealkylation sites (tertiary alicyclic amines) is 1. The van der Waals surface area contributed by atoms with E-state index in [1.165, 1.54) is 17.7 Å². The minimum Gasteiger partial charge on any atom is -0.313 e. The van der Waals surface area contributed by atoms with Gasteiger partial charge in [0.05, 0.1) is 12.5 Å². The van der Waals surface area contributed by atoms with Gasteiger partial charge in [-0.3, -0.25) is 19.4 Å². The van der Waals surface area contributed by atoms with Crippen molar-refractivity contribution in [2.75, 3.05) is 20.1 Å². The molecular weight excluding hydrogens is 242 g/mol. The summed E-state index contributed by atoms with van der Waals surface area (Å²) in [6.45, 7) is 6.11. The third-order valence-electron chi connectivity index (χ3n) is 4.26. The van der Waals surface area contributed by atoms with Gasteiger partial charge in [0.1, 0.15) is 0 Å². The van der Waals surface area contributed by atoms with Crippen LogP contribution in [0.5, 0.6) is 0 Å². The zero-order valence-corrected chi connectivity index (χ0v) is 12.2. The first kappa shape index (κ1) is 14.5. The van der Waals surface area contributed by atoms with E-state index < -0.39 is 0 Å². The van der Waals surface area contributed by atoms with Crippen LogP contribution in [0.4, 0.5) is 0 Å². The summed E-state index contributed by atoms with van der Waals surface area (Å²) in [4.78, 5) is 27.3. The standard InChI is InChI=1S/C14H25N3O2/c1-10(2)17(9-11-6-4-5-7-15-11)12-8-13(18)16(3)14(12)19/h10-12,15H,4-9H2,1-3H3. The molecule has 0 bridgehead atoms. The van der Waals surface area contributed by atoms with Crippen LogP contribution < -0.4 is 5.32 Å². The Hall–Kier alpha value is -0.940. The highest BCUT2D eigenvalue weighted by Crippen LogP contribution is 2.21. The van der Waals surface area contributed by atoms with Crippen molar-refractivity contribution in [2.45, 2.75) is 57.7 Å². The lowest BCUT2D eigenvalue weighted by Gasteiger charge is -2.35. The number of imide groups is 1. The molecule has 0 radical (unpaired) electrons. The fourth-order valence-corrected chi connectivity index (χ4v) is 3.03. The second-order valence-corrected chi connectivity index (χ2v) is 5.95. The van der Waals surface area contributed by atoms with Crippen LogP contribution in [0.25, 0.3) is 0 Å². The van der Waals surface area contributed by atoms with Crippen LogP contribution in [-0.2, 0) is 9.59 Å². The number of hydrogen-bond acceptors (Lipinski definition) is 4. The maximum absolute atomic E-state index is 12.1. The summed E-state index contributed by atoms with van der Waals surface area (Å²) >= 11 is 0. The molecule has 0 aromatic rings. The predicted molar refractivity (Wildman–Crippen MR) is 73.7 cm³/mol. The lowest BCUT2D eigenvalue weighted by molar-refractivity contribution is -0.138. The van der Waals surface area contributed by atoms with Crippen molar-refractivity contribution in [3.8, 4) is 0 Å². The normalized spacial score (nSPS) is 28.8. The van der Waals surface area contributed by atoms with Gasteiger partial charge >= 0.3 is 0 Å². The second-order valence-electron chi connectivity index (χ2n) is 5.95. The van der Waals surface area contributed by atoms with Crippen LogP contribution in [0.15, 0.2) is 0 Å². The fraction of sp³-hybridized carbons (Fsp3) is 0.857. The van der Waals surface area contributed by atoms with Gasteiger partial charge in [-0.05, 0) is 33.2 Å². The zero-order chi connectivity index (χ0) is 14.0. The summed E-state index contributed by atoms with van der Waals surface area (Å²) in [5, 5.41) is 3.51. The van der Waals surface area contributed by atoms with Gasteiger partial charge in [-0.2, -0.15) is 0 Å². The molecule has 2 aliphatic heterocycles. The molecule has 19 heavy (non-hydrogen) atoms. The van der Waals surface area contributed by atoms with Crippen molar-refractivity contribution >= 4 is 11.8 Å². The molecule has 2 atom stereocenters. The number of piperidine rings is 1. The molecule has 0 spiro atoms. The Labute approximate surface area is 115 Å². The first-order valence-corrected chi connectivity index (χ1v) is 7.30. The van der Waals surface area contributed by atoms with Gasteiger partial charge in [-0.1, -0.05) is 6.42 Å². The molecule has 1 N–H and O–H groups in total. The fourth-order valence-electron chi connectivity index (χ4n) is 3.03. The SMILES string of the molecule is CC(C)N(CC1CCCCN1)C1CC(=O)N(C)C1=O. The highest BCUT2D eigenvalue weighted by Gasteiger charge is 2.41.